The standard InChI is InChI=1S/C21H18ClNO4/c1-25-18-11-15(12-19(26-2)20(18)27-3)17(24)9-8-14-10-13-6-4-5-7-16(13)23-21(14)22/h4-12H,1-3H3/b9-8+. The average molecular weight is 384 g/mol. The number of ether oxygens (including phenoxy) is 3. The second-order valence-corrected chi connectivity index (χ2v) is 6.03. The van der Waals surface area contributed by atoms with Crippen LogP contribution in [0.4, 0.5) is 0 Å². The molecule has 0 amide bonds. The summed E-state index contributed by atoms with van der Waals surface area (Å²) < 4.78 is 15.8. The van der Waals surface area contributed by atoms with E-state index in [1.165, 1.54) is 27.4 Å². The number of fused-ring (bicyclic) bond motifs is 1. The molecule has 5 nitrogen and oxygen atoms in total. The van der Waals surface area contributed by atoms with Crippen molar-refractivity contribution in [3.8, 4) is 17.2 Å². The number of carbonyl (C=O) groups excluding carboxylic acids is 1. The summed E-state index contributed by atoms with van der Waals surface area (Å²) in [7, 11) is 4.51. The first-order valence-electron chi connectivity index (χ1n) is 8.15. The highest BCUT2D eigenvalue weighted by atomic mass is 35.5. The molecule has 0 aliphatic heterocycles. The molecule has 6 heteroatoms. The minimum Gasteiger partial charge on any atom is -0.493 e. The number of aromatic nitrogens is 1. The van der Waals surface area contributed by atoms with Crippen LogP contribution in [-0.2, 0) is 0 Å². The van der Waals surface area contributed by atoms with Gasteiger partial charge in [0.2, 0.25) is 5.75 Å². The minimum atomic E-state index is -0.224. The summed E-state index contributed by atoms with van der Waals surface area (Å²) >= 11 is 6.24. The third-order valence-electron chi connectivity index (χ3n) is 4.07. The normalized spacial score (nSPS) is 11.0. The lowest BCUT2D eigenvalue weighted by Crippen LogP contribution is -2.00. The van der Waals surface area contributed by atoms with Crippen molar-refractivity contribution in [3.63, 3.8) is 0 Å². The Morgan fingerprint density at radius 3 is 2.30 bits per heavy atom. The van der Waals surface area contributed by atoms with Gasteiger partial charge < -0.3 is 14.2 Å². The third-order valence-corrected chi connectivity index (χ3v) is 4.37. The first kappa shape index (κ1) is 18.7. The maximum Gasteiger partial charge on any atom is 0.203 e. The van der Waals surface area contributed by atoms with Crippen molar-refractivity contribution in [1.29, 1.82) is 0 Å². The molecule has 2 aromatic carbocycles. The molecular weight excluding hydrogens is 366 g/mol. The van der Waals surface area contributed by atoms with Gasteiger partial charge in [0.1, 0.15) is 5.15 Å². The second kappa shape index (κ2) is 8.10. The van der Waals surface area contributed by atoms with Crippen LogP contribution in [-0.4, -0.2) is 32.1 Å². The maximum absolute atomic E-state index is 12.6. The van der Waals surface area contributed by atoms with Crippen molar-refractivity contribution in [1.82, 2.24) is 4.98 Å². The molecular formula is C21H18ClNO4. The van der Waals surface area contributed by atoms with Gasteiger partial charge >= 0.3 is 0 Å². The number of hydrogen-bond donors (Lipinski definition) is 0. The number of hydrogen-bond acceptors (Lipinski definition) is 5. The molecule has 0 saturated carbocycles. The summed E-state index contributed by atoms with van der Waals surface area (Å²) in [6.07, 6.45) is 3.09. The van der Waals surface area contributed by atoms with Gasteiger partial charge in [-0.05, 0) is 36.4 Å². The number of halogens is 1. The van der Waals surface area contributed by atoms with E-state index in [1.54, 1.807) is 18.2 Å². The zero-order chi connectivity index (χ0) is 19.4. The average Bonchev–Trinajstić information content (AvgIpc) is 2.70. The van der Waals surface area contributed by atoms with E-state index in [0.29, 0.717) is 33.5 Å². The van der Waals surface area contributed by atoms with E-state index in [2.05, 4.69) is 4.98 Å². The van der Waals surface area contributed by atoms with Crippen molar-refractivity contribution in [2.75, 3.05) is 21.3 Å². The molecule has 0 fully saturated rings. The summed E-state index contributed by atoms with van der Waals surface area (Å²) in [5, 5.41) is 1.28. The van der Waals surface area contributed by atoms with Crippen molar-refractivity contribution in [2.24, 2.45) is 0 Å². The molecule has 3 aromatic rings. The minimum absolute atomic E-state index is 0.224. The third kappa shape index (κ3) is 3.88. The van der Waals surface area contributed by atoms with Crippen LogP contribution < -0.4 is 14.2 Å². The molecule has 138 valence electrons. The Morgan fingerprint density at radius 1 is 1.00 bits per heavy atom. The summed E-state index contributed by atoms with van der Waals surface area (Å²) in [6.45, 7) is 0. The van der Waals surface area contributed by atoms with Crippen molar-refractivity contribution < 1.29 is 19.0 Å². The Balaban J connectivity index is 1.94. The van der Waals surface area contributed by atoms with E-state index in [4.69, 9.17) is 25.8 Å². The highest BCUT2D eigenvalue weighted by Crippen LogP contribution is 2.38. The predicted molar refractivity (Wildman–Crippen MR) is 106 cm³/mol. The van der Waals surface area contributed by atoms with Crippen LogP contribution in [0.3, 0.4) is 0 Å². The van der Waals surface area contributed by atoms with Gasteiger partial charge in [0, 0.05) is 16.5 Å². The van der Waals surface area contributed by atoms with Gasteiger partial charge in [0.25, 0.3) is 0 Å². The SMILES string of the molecule is COc1cc(C(=O)/C=C/c2cc3ccccc3nc2Cl)cc(OC)c1OC. The number of allylic oxidation sites excluding steroid dienone is 1. The van der Waals surface area contributed by atoms with E-state index >= 15 is 0 Å². The van der Waals surface area contributed by atoms with Gasteiger partial charge in [-0.25, -0.2) is 4.98 Å². The number of pyridine rings is 1. The zero-order valence-electron chi connectivity index (χ0n) is 15.2. The van der Waals surface area contributed by atoms with Crippen LogP contribution in [0.2, 0.25) is 5.15 Å². The fraction of sp³-hybridized carbons (Fsp3) is 0.143. The van der Waals surface area contributed by atoms with E-state index in [0.717, 1.165) is 10.9 Å². The number of methoxy groups -OCH3 is 3. The molecule has 0 unspecified atom stereocenters. The summed E-state index contributed by atoms with van der Waals surface area (Å²) in [4.78, 5) is 17.0. The highest BCUT2D eigenvalue weighted by molar-refractivity contribution is 6.31. The van der Waals surface area contributed by atoms with Gasteiger partial charge in [0.05, 0.1) is 26.8 Å². The second-order valence-electron chi connectivity index (χ2n) is 5.67. The zero-order valence-corrected chi connectivity index (χ0v) is 15.9. The molecule has 0 radical (unpaired) electrons. The first-order chi connectivity index (χ1) is 13.1. The van der Waals surface area contributed by atoms with Gasteiger partial charge in [0.15, 0.2) is 17.3 Å². The van der Waals surface area contributed by atoms with Crippen molar-refractivity contribution in [3.05, 3.63) is 64.8 Å². The lowest BCUT2D eigenvalue weighted by atomic mass is 10.1. The molecule has 27 heavy (non-hydrogen) atoms. The highest BCUT2D eigenvalue weighted by Gasteiger charge is 2.16. The Morgan fingerprint density at radius 2 is 1.67 bits per heavy atom. The van der Waals surface area contributed by atoms with Crippen LogP contribution in [0.25, 0.3) is 17.0 Å². The topological polar surface area (TPSA) is 57.7 Å². The van der Waals surface area contributed by atoms with Crippen LogP contribution in [0.1, 0.15) is 15.9 Å². The molecule has 0 aliphatic rings. The van der Waals surface area contributed by atoms with E-state index in [9.17, 15) is 4.79 Å². The first-order valence-corrected chi connectivity index (χ1v) is 8.53. The largest absolute Gasteiger partial charge is 0.493 e. The summed E-state index contributed by atoms with van der Waals surface area (Å²) in [5.74, 6) is 1.04. The number of para-hydroxylation sites is 1. The molecule has 1 heterocycles. The lowest BCUT2D eigenvalue weighted by Gasteiger charge is -2.13. The molecule has 1 aromatic heterocycles. The van der Waals surface area contributed by atoms with Crippen molar-refractivity contribution >= 4 is 34.4 Å². The van der Waals surface area contributed by atoms with E-state index in [1.807, 2.05) is 30.3 Å². The van der Waals surface area contributed by atoms with Crippen molar-refractivity contribution in [2.45, 2.75) is 0 Å². The summed E-state index contributed by atoms with van der Waals surface area (Å²) in [5.41, 5.74) is 1.87. The molecule has 3 rings (SSSR count). The quantitative estimate of drug-likeness (QED) is 0.347. The van der Waals surface area contributed by atoms with E-state index < -0.39 is 0 Å². The number of ketones is 1. The lowest BCUT2D eigenvalue weighted by molar-refractivity contribution is 0.104. The van der Waals surface area contributed by atoms with Gasteiger partial charge in [-0.3, -0.25) is 4.79 Å². The Kier molecular flexibility index (Phi) is 5.62. The Hall–Kier alpha value is -3.05. The molecule has 0 atom stereocenters. The smallest absolute Gasteiger partial charge is 0.203 e. The number of benzene rings is 2. The Labute approximate surface area is 162 Å². The van der Waals surface area contributed by atoms with Crippen LogP contribution in [0, 0.1) is 0 Å². The molecule has 0 saturated heterocycles. The number of nitrogens with zero attached hydrogens (tertiary/aromatic N) is 1. The monoisotopic (exact) mass is 383 g/mol. The number of carbonyl (C=O) groups is 1. The van der Waals surface area contributed by atoms with Crippen LogP contribution >= 0.6 is 11.6 Å². The fourth-order valence-electron chi connectivity index (χ4n) is 2.71. The van der Waals surface area contributed by atoms with Gasteiger partial charge in [-0.2, -0.15) is 0 Å². The van der Waals surface area contributed by atoms with Gasteiger partial charge in [-0.1, -0.05) is 29.8 Å². The summed E-state index contributed by atoms with van der Waals surface area (Å²) in [6, 6.07) is 12.8. The fourth-order valence-corrected chi connectivity index (χ4v) is 2.92. The predicted octanol–water partition coefficient (Wildman–Crippen LogP) is 4.81. The molecule has 0 N–H and O–H groups in total. The van der Waals surface area contributed by atoms with Gasteiger partial charge in [-0.15, -0.1) is 0 Å². The van der Waals surface area contributed by atoms with E-state index in [-0.39, 0.29) is 5.78 Å². The number of rotatable bonds is 6. The molecule has 0 spiro atoms. The van der Waals surface area contributed by atoms with Crippen LogP contribution in [0.15, 0.2) is 48.5 Å². The van der Waals surface area contributed by atoms with Crippen LogP contribution in [0.5, 0.6) is 17.2 Å². The maximum atomic E-state index is 12.6. The Bertz CT molecular complexity index is 1000. The molecule has 0 bridgehead atoms. The molecule has 0 aliphatic carbocycles.